The zero-order chi connectivity index (χ0) is 21.1. The van der Waals surface area contributed by atoms with Crippen molar-refractivity contribution < 1.29 is 9.47 Å². The van der Waals surface area contributed by atoms with E-state index in [0.29, 0.717) is 13.1 Å². The van der Waals surface area contributed by atoms with E-state index < -0.39 is 0 Å². The summed E-state index contributed by atoms with van der Waals surface area (Å²) >= 11 is 0. The number of aliphatic imine (C=N–C) groups is 1. The molecule has 29 heavy (non-hydrogen) atoms. The van der Waals surface area contributed by atoms with Gasteiger partial charge in [-0.2, -0.15) is 0 Å². The molecule has 0 spiro atoms. The van der Waals surface area contributed by atoms with Gasteiger partial charge in [-0.25, -0.2) is 4.99 Å². The van der Waals surface area contributed by atoms with Crippen molar-refractivity contribution in [3.8, 4) is 11.5 Å². The predicted molar refractivity (Wildman–Crippen MR) is 120 cm³/mol. The molecule has 158 valence electrons. The van der Waals surface area contributed by atoms with Crippen LogP contribution in [0.25, 0.3) is 0 Å². The molecule has 1 atom stereocenters. The van der Waals surface area contributed by atoms with Gasteiger partial charge < -0.3 is 25.0 Å². The maximum Gasteiger partial charge on any atom is 0.191 e. The lowest BCUT2D eigenvalue weighted by atomic mass is 10.1. The summed E-state index contributed by atoms with van der Waals surface area (Å²) in [6, 6.07) is 16.2. The average Bonchev–Trinajstić information content (AvgIpc) is 2.70. The van der Waals surface area contributed by atoms with E-state index >= 15 is 0 Å². The van der Waals surface area contributed by atoms with Crippen molar-refractivity contribution in [2.45, 2.75) is 33.0 Å². The van der Waals surface area contributed by atoms with Gasteiger partial charge in [-0.05, 0) is 51.2 Å². The predicted octanol–water partition coefficient (Wildman–Crippen LogP) is 3.28. The lowest BCUT2D eigenvalue weighted by Crippen LogP contribution is -2.41. The van der Waals surface area contributed by atoms with Crippen molar-refractivity contribution in [2.24, 2.45) is 4.99 Å². The number of guanidine groups is 1. The third-order valence-electron chi connectivity index (χ3n) is 4.21. The molecular weight excluding hydrogens is 364 g/mol. The summed E-state index contributed by atoms with van der Waals surface area (Å²) in [4.78, 5) is 6.88. The Hall–Kier alpha value is -2.73. The molecule has 6 nitrogen and oxygen atoms in total. The van der Waals surface area contributed by atoms with Crippen LogP contribution >= 0.6 is 0 Å². The fraction of sp³-hybridized carbons (Fsp3) is 0.435. The molecule has 0 aliphatic heterocycles. The molecule has 0 saturated heterocycles. The Balaban J connectivity index is 1.93. The van der Waals surface area contributed by atoms with E-state index in [-0.39, 0.29) is 6.10 Å². The molecule has 0 amide bonds. The number of para-hydroxylation sites is 2. The second kappa shape index (κ2) is 12.0. The summed E-state index contributed by atoms with van der Waals surface area (Å²) < 4.78 is 11.4. The molecule has 0 saturated carbocycles. The largest absolute Gasteiger partial charge is 0.493 e. The number of benzene rings is 2. The first kappa shape index (κ1) is 22.6. The molecule has 2 N–H and O–H groups in total. The average molecular weight is 399 g/mol. The van der Waals surface area contributed by atoms with E-state index in [0.717, 1.165) is 30.5 Å². The van der Waals surface area contributed by atoms with Gasteiger partial charge in [0, 0.05) is 13.1 Å². The monoisotopic (exact) mass is 398 g/mol. The highest BCUT2D eigenvalue weighted by Gasteiger charge is 2.09. The van der Waals surface area contributed by atoms with Crippen LogP contribution in [0.15, 0.2) is 53.5 Å². The molecule has 2 aromatic rings. The van der Waals surface area contributed by atoms with Gasteiger partial charge in [-0.15, -0.1) is 0 Å². The number of nitrogens with zero attached hydrogens (tertiary/aromatic N) is 2. The fourth-order valence-corrected chi connectivity index (χ4v) is 2.92. The van der Waals surface area contributed by atoms with Crippen LogP contribution in [-0.2, 0) is 13.1 Å². The van der Waals surface area contributed by atoms with Crippen LogP contribution in [-0.4, -0.2) is 51.3 Å². The number of hydrogen-bond acceptors (Lipinski definition) is 4. The number of nitrogens with one attached hydrogen (secondary N) is 2. The van der Waals surface area contributed by atoms with Gasteiger partial charge in [0.2, 0.25) is 0 Å². The molecule has 0 radical (unpaired) electrons. The normalized spacial score (nSPS) is 12.6. The Kier molecular flexibility index (Phi) is 9.31. The van der Waals surface area contributed by atoms with E-state index in [9.17, 15) is 0 Å². The van der Waals surface area contributed by atoms with Crippen molar-refractivity contribution in [3.05, 3.63) is 59.7 Å². The van der Waals surface area contributed by atoms with Gasteiger partial charge in [0.25, 0.3) is 0 Å². The molecule has 0 heterocycles. The van der Waals surface area contributed by atoms with Gasteiger partial charge in [0.05, 0.1) is 20.2 Å². The Morgan fingerprint density at radius 1 is 1.03 bits per heavy atom. The Bertz CT molecular complexity index is 777. The second-order valence-electron chi connectivity index (χ2n) is 7.21. The van der Waals surface area contributed by atoms with Gasteiger partial charge in [-0.3, -0.25) is 0 Å². The Labute approximate surface area is 174 Å². The SMILES string of the molecule is CCNC(=NCc1cccc(CN(C)C)c1)NCC(C)Oc1ccccc1OC. The minimum absolute atomic E-state index is 0.0430. The van der Waals surface area contributed by atoms with Gasteiger partial charge in [-0.1, -0.05) is 36.4 Å². The van der Waals surface area contributed by atoms with Crippen LogP contribution < -0.4 is 20.1 Å². The fourth-order valence-electron chi connectivity index (χ4n) is 2.92. The van der Waals surface area contributed by atoms with Gasteiger partial charge in [0.15, 0.2) is 17.5 Å². The summed E-state index contributed by atoms with van der Waals surface area (Å²) in [5.74, 6) is 2.25. The van der Waals surface area contributed by atoms with Crippen molar-refractivity contribution in [2.75, 3.05) is 34.3 Å². The highest BCUT2D eigenvalue weighted by atomic mass is 16.5. The van der Waals surface area contributed by atoms with Crippen LogP contribution in [0, 0.1) is 0 Å². The Morgan fingerprint density at radius 2 is 1.76 bits per heavy atom. The molecule has 0 bridgehead atoms. The number of hydrogen-bond donors (Lipinski definition) is 2. The van der Waals surface area contributed by atoms with Crippen molar-refractivity contribution >= 4 is 5.96 Å². The summed E-state index contributed by atoms with van der Waals surface area (Å²) in [7, 11) is 5.80. The lowest BCUT2D eigenvalue weighted by Gasteiger charge is -2.19. The van der Waals surface area contributed by atoms with Crippen molar-refractivity contribution in [1.29, 1.82) is 0 Å². The number of rotatable bonds is 10. The first-order chi connectivity index (χ1) is 14.0. The minimum Gasteiger partial charge on any atom is -0.493 e. The maximum absolute atomic E-state index is 6.01. The molecule has 1 unspecified atom stereocenters. The summed E-state index contributed by atoms with van der Waals surface area (Å²) in [6.07, 6.45) is -0.0430. The van der Waals surface area contributed by atoms with Gasteiger partial charge >= 0.3 is 0 Å². The van der Waals surface area contributed by atoms with Crippen LogP contribution in [0.5, 0.6) is 11.5 Å². The molecule has 0 aliphatic rings. The van der Waals surface area contributed by atoms with E-state index in [1.165, 1.54) is 11.1 Å². The standard InChI is InChI=1S/C23H34N4O2/c1-6-24-23(26-16-19-10-9-11-20(14-19)17-27(3)4)25-15-18(2)29-22-13-8-7-12-21(22)28-5/h7-14,18H,6,15-17H2,1-5H3,(H2,24,25,26). The zero-order valence-corrected chi connectivity index (χ0v) is 18.2. The van der Waals surface area contributed by atoms with E-state index in [1.807, 2.05) is 31.2 Å². The molecule has 6 heteroatoms. The summed E-state index contributed by atoms with van der Waals surface area (Å²) in [5, 5.41) is 6.65. The number of methoxy groups -OCH3 is 1. The summed E-state index contributed by atoms with van der Waals surface area (Å²) in [6.45, 7) is 7.06. The van der Waals surface area contributed by atoms with Crippen molar-refractivity contribution in [3.63, 3.8) is 0 Å². The molecule has 0 aromatic heterocycles. The molecule has 0 aliphatic carbocycles. The minimum atomic E-state index is -0.0430. The van der Waals surface area contributed by atoms with Gasteiger partial charge in [0.1, 0.15) is 6.10 Å². The molecule has 0 fully saturated rings. The smallest absolute Gasteiger partial charge is 0.191 e. The first-order valence-electron chi connectivity index (χ1n) is 10.1. The van der Waals surface area contributed by atoms with Crippen LogP contribution in [0.1, 0.15) is 25.0 Å². The van der Waals surface area contributed by atoms with Crippen molar-refractivity contribution in [1.82, 2.24) is 15.5 Å². The lowest BCUT2D eigenvalue weighted by molar-refractivity contribution is 0.213. The van der Waals surface area contributed by atoms with Crippen LogP contribution in [0.2, 0.25) is 0 Å². The zero-order valence-electron chi connectivity index (χ0n) is 18.2. The third-order valence-corrected chi connectivity index (χ3v) is 4.21. The number of ether oxygens (including phenoxy) is 2. The molecule has 2 aromatic carbocycles. The highest BCUT2D eigenvalue weighted by molar-refractivity contribution is 5.79. The quantitative estimate of drug-likeness (QED) is 0.475. The second-order valence-corrected chi connectivity index (χ2v) is 7.21. The van der Waals surface area contributed by atoms with Crippen LogP contribution in [0.3, 0.4) is 0 Å². The van der Waals surface area contributed by atoms with E-state index in [1.54, 1.807) is 7.11 Å². The Morgan fingerprint density at radius 3 is 2.45 bits per heavy atom. The highest BCUT2D eigenvalue weighted by Crippen LogP contribution is 2.26. The van der Waals surface area contributed by atoms with Crippen LogP contribution in [0.4, 0.5) is 0 Å². The third kappa shape index (κ3) is 8.03. The summed E-state index contributed by atoms with van der Waals surface area (Å²) in [5.41, 5.74) is 2.49. The maximum atomic E-state index is 6.01. The first-order valence-corrected chi connectivity index (χ1v) is 10.1. The molecular formula is C23H34N4O2. The van der Waals surface area contributed by atoms with E-state index in [4.69, 9.17) is 14.5 Å². The molecule has 2 rings (SSSR count). The topological polar surface area (TPSA) is 58.1 Å². The van der Waals surface area contributed by atoms with E-state index in [2.05, 4.69) is 60.8 Å².